The second-order valence-electron chi connectivity index (χ2n) is 4.44. The first-order chi connectivity index (χ1) is 7.58. The molecule has 1 aliphatic rings. The zero-order valence-electron chi connectivity index (χ0n) is 9.50. The highest BCUT2D eigenvalue weighted by Gasteiger charge is 2.51. The highest BCUT2D eigenvalue weighted by atomic mass is 19.1. The molecule has 1 aromatic carbocycles. The van der Waals surface area contributed by atoms with Gasteiger partial charge in [0.05, 0.1) is 5.41 Å². The van der Waals surface area contributed by atoms with Gasteiger partial charge in [0, 0.05) is 6.42 Å². The van der Waals surface area contributed by atoms with E-state index in [1.165, 1.54) is 6.07 Å². The Bertz CT molecular complexity index is 416. The number of Topliss-reactive ketones (excluding diaryl/α,β-unsaturated/α-hetero) is 1. The van der Waals surface area contributed by atoms with Gasteiger partial charge in [-0.15, -0.1) is 0 Å². The first-order valence-corrected chi connectivity index (χ1v) is 5.52. The van der Waals surface area contributed by atoms with Crippen LogP contribution in [0.15, 0.2) is 24.3 Å². The van der Waals surface area contributed by atoms with Gasteiger partial charge in [-0.2, -0.15) is 0 Å². The summed E-state index contributed by atoms with van der Waals surface area (Å²) in [6.07, 6.45) is 0.922. The minimum Gasteiger partial charge on any atom is -0.486 e. The third-order valence-corrected chi connectivity index (χ3v) is 3.56. The quantitative estimate of drug-likeness (QED) is 0.786. The molecule has 0 amide bonds. The molecule has 2 nitrogen and oxygen atoms in total. The van der Waals surface area contributed by atoms with Crippen LogP contribution in [-0.4, -0.2) is 11.9 Å². The highest BCUT2D eigenvalue weighted by Crippen LogP contribution is 2.42. The lowest BCUT2D eigenvalue weighted by molar-refractivity contribution is -0.150. The minimum absolute atomic E-state index is 0.193. The molecule has 2 rings (SSSR count). The number of halogens is 1. The molecule has 0 aliphatic heterocycles. The van der Waals surface area contributed by atoms with Gasteiger partial charge >= 0.3 is 0 Å². The Balaban J connectivity index is 2.13. The zero-order chi connectivity index (χ0) is 11.8. The van der Waals surface area contributed by atoms with Gasteiger partial charge in [0.1, 0.15) is 11.9 Å². The number of benzene rings is 1. The summed E-state index contributed by atoms with van der Waals surface area (Å²) in [5.74, 6) is 0.0660. The number of ketones is 1. The van der Waals surface area contributed by atoms with Crippen molar-refractivity contribution in [2.75, 3.05) is 0 Å². The Labute approximate surface area is 94.4 Å². The van der Waals surface area contributed by atoms with Crippen molar-refractivity contribution in [2.45, 2.75) is 32.8 Å². The van der Waals surface area contributed by atoms with Crippen LogP contribution in [0.2, 0.25) is 0 Å². The molecule has 0 bridgehead atoms. The Morgan fingerprint density at radius 2 is 2.19 bits per heavy atom. The van der Waals surface area contributed by atoms with Gasteiger partial charge in [0.25, 0.3) is 0 Å². The number of carbonyl (C=O) groups is 1. The molecule has 1 fully saturated rings. The van der Waals surface area contributed by atoms with E-state index in [2.05, 4.69) is 0 Å². The molecule has 86 valence electrons. The van der Waals surface area contributed by atoms with E-state index in [4.69, 9.17) is 4.74 Å². The molecule has 1 saturated carbocycles. The van der Waals surface area contributed by atoms with E-state index >= 15 is 0 Å². The molecule has 1 aliphatic carbocycles. The van der Waals surface area contributed by atoms with Crippen LogP contribution in [0, 0.1) is 11.2 Å². The van der Waals surface area contributed by atoms with Crippen molar-refractivity contribution in [1.29, 1.82) is 0 Å². The fourth-order valence-electron chi connectivity index (χ4n) is 1.97. The second kappa shape index (κ2) is 3.89. The molecule has 1 aromatic rings. The maximum atomic E-state index is 13.4. The van der Waals surface area contributed by atoms with Crippen molar-refractivity contribution in [1.82, 2.24) is 0 Å². The summed E-state index contributed by atoms with van der Waals surface area (Å²) in [5, 5.41) is 0. The second-order valence-corrected chi connectivity index (χ2v) is 4.44. The summed E-state index contributed by atoms with van der Waals surface area (Å²) in [7, 11) is 0. The van der Waals surface area contributed by atoms with E-state index in [1.54, 1.807) is 18.2 Å². The van der Waals surface area contributed by atoms with Crippen LogP contribution in [0.25, 0.3) is 0 Å². The molecule has 0 saturated heterocycles. The molecule has 2 unspecified atom stereocenters. The maximum Gasteiger partial charge on any atom is 0.165 e. The normalized spacial score (nSPS) is 28.7. The molecular formula is C13H15FO2. The van der Waals surface area contributed by atoms with Gasteiger partial charge in [-0.1, -0.05) is 19.1 Å². The number of rotatable bonds is 3. The van der Waals surface area contributed by atoms with Crippen molar-refractivity contribution >= 4 is 5.78 Å². The molecule has 2 atom stereocenters. The summed E-state index contributed by atoms with van der Waals surface area (Å²) in [5.41, 5.74) is -0.442. The van der Waals surface area contributed by atoms with Gasteiger partial charge in [0.15, 0.2) is 11.6 Å². The van der Waals surface area contributed by atoms with Crippen molar-refractivity contribution < 1.29 is 13.9 Å². The Morgan fingerprint density at radius 1 is 1.50 bits per heavy atom. The van der Waals surface area contributed by atoms with Gasteiger partial charge in [-0.05, 0) is 25.5 Å². The average Bonchev–Trinajstić information content (AvgIpc) is 2.30. The fraction of sp³-hybridized carbons (Fsp3) is 0.462. The SMILES string of the molecule is CCC1(C)C(=O)CC1Oc1ccccc1F. The Morgan fingerprint density at radius 3 is 2.75 bits per heavy atom. The van der Waals surface area contributed by atoms with Gasteiger partial charge < -0.3 is 4.74 Å². The van der Waals surface area contributed by atoms with E-state index in [1.807, 2.05) is 13.8 Å². The smallest absolute Gasteiger partial charge is 0.165 e. The monoisotopic (exact) mass is 222 g/mol. The Kier molecular flexibility index (Phi) is 2.70. The number of hydrogen-bond acceptors (Lipinski definition) is 2. The van der Waals surface area contributed by atoms with Crippen LogP contribution < -0.4 is 4.74 Å². The van der Waals surface area contributed by atoms with Crippen LogP contribution in [-0.2, 0) is 4.79 Å². The van der Waals surface area contributed by atoms with E-state index in [-0.39, 0.29) is 23.5 Å². The molecule has 0 spiro atoms. The molecule has 0 aromatic heterocycles. The minimum atomic E-state index is -0.442. The lowest BCUT2D eigenvalue weighted by Crippen LogP contribution is -2.54. The molecule has 0 N–H and O–H groups in total. The van der Waals surface area contributed by atoms with Crippen LogP contribution >= 0.6 is 0 Å². The van der Waals surface area contributed by atoms with Crippen molar-refractivity contribution in [3.8, 4) is 5.75 Å². The van der Waals surface area contributed by atoms with Crippen molar-refractivity contribution in [3.63, 3.8) is 0 Å². The number of para-hydroxylation sites is 1. The summed E-state index contributed by atoms with van der Waals surface area (Å²) in [6.45, 7) is 3.83. The highest BCUT2D eigenvalue weighted by molar-refractivity contribution is 5.92. The van der Waals surface area contributed by atoms with E-state index in [0.29, 0.717) is 6.42 Å². The lowest BCUT2D eigenvalue weighted by Gasteiger charge is -2.44. The average molecular weight is 222 g/mol. The maximum absolute atomic E-state index is 13.4. The third kappa shape index (κ3) is 1.60. The van der Waals surface area contributed by atoms with Crippen molar-refractivity contribution in [3.05, 3.63) is 30.1 Å². The predicted octanol–water partition coefficient (Wildman–Crippen LogP) is 2.96. The summed E-state index contributed by atoms with van der Waals surface area (Å²) in [6, 6.07) is 6.29. The van der Waals surface area contributed by atoms with E-state index in [9.17, 15) is 9.18 Å². The largest absolute Gasteiger partial charge is 0.486 e. The molecule has 0 radical (unpaired) electrons. The van der Waals surface area contributed by atoms with Crippen LogP contribution in [0.5, 0.6) is 5.75 Å². The number of hydrogen-bond donors (Lipinski definition) is 0. The Hall–Kier alpha value is -1.38. The first-order valence-electron chi connectivity index (χ1n) is 5.52. The van der Waals surface area contributed by atoms with Crippen molar-refractivity contribution in [2.24, 2.45) is 5.41 Å². The van der Waals surface area contributed by atoms with E-state index < -0.39 is 5.41 Å². The number of carbonyl (C=O) groups excluding carboxylic acids is 1. The zero-order valence-corrected chi connectivity index (χ0v) is 9.50. The standard InChI is InChI=1S/C13H15FO2/c1-3-13(2)11(15)8-12(13)16-10-7-5-4-6-9(10)14/h4-7,12H,3,8H2,1-2H3. The molecule has 3 heteroatoms. The first kappa shape index (κ1) is 11.1. The summed E-state index contributed by atoms with van der Waals surface area (Å²) >= 11 is 0. The predicted molar refractivity (Wildman–Crippen MR) is 58.8 cm³/mol. The van der Waals surface area contributed by atoms with Gasteiger partial charge in [-0.25, -0.2) is 4.39 Å². The van der Waals surface area contributed by atoms with Gasteiger partial charge in [0.2, 0.25) is 0 Å². The van der Waals surface area contributed by atoms with Crippen LogP contribution in [0.4, 0.5) is 4.39 Å². The summed E-state index contributed by atoms with van der Waals surface area (Å²) < 4.78 is 18.9. The third-order valence-electron chi connectivity index (χ3n) is 3.56. The van der Waals surface area contributed by atoms with Crippen LogP contribution in [0.1, 0.15) is 26.7 Å². The molecule has 16 heavy (non-hydrogen) atoms. The fourth-order valence-corrected chi connectivity index (χ4v) is 1.97. The number of ether oxygens (including phenoxy) is 1. The lowest BCUT2D eigenvalue weighted by atomic mass is 9.64. The van der Waals surface area contributed by atoms with Gasteiger partial charge in [-0.3, -0.25) is 4.79 Å². The van der Waals surface area contributed by atoms with E-state index in [0.717, 1.165) is 6.42 Å². The molecule has 0 heterocycles. The summed E-state index contributed by atoms with van der Waals surface area (Å²) in [4.78, 5) is 11.5. The van der Waals surface area contributed by atoms with Crippen LogP contribution in [0.3, 0.4) is 0 Å². The topological polar surface area (TPSA) is 26.3 Å². The molecular weight excluding hydrogens is 207 g/mol.